The minimum absolute atomic E-state index is 1.27. The summed E-state index contributed by atoms with van der Waals surface area (Å²) in [5.74, 6) is 0. The van der Waals surface area contributed by atoms with Crippen molar-refractivity contribution in [2.75, 3.05) is 0 Å². The predicted molar refractivity (Wildman–Crippen MR) is 97.4 cm³/mol. The minimum Gasteiger partial charge on any atom is -0.103 e. The van der Waals surface area contributed by atoms with Crippen molar-refractivity contribution in [3.63, 3.8) is 0 Å². The Morgan fingerprint density at radius 1 is 0.667 bits per heavy atom. The van der Waals surface area contributed by atoms with Crippen LogP contribution in [0, 0.1) is 0 Å². The number of rotatable bonds is 2. The molecule has 2 aromatic carbocycles. The van der Waals surface area contributed by atoms with E-state index < -0.39 is 0 Å². The first kappa shape index (κ1) is 18.7. The second-order valence-corrected chi connectivity index (χ2v) is 4.25. The van der Waals surface area contributed by atoms with E-state index in [1.165, 1.54) is 16.7 Å². The SMILES string of the molecule is C=CC.C=CC.CC=C(c1ccccc1)c1ccccc1. The normalized spacial score (nSPS) is 8.14. The average molecular weight is 278 g/mol. The quantitative estimate of drug-likeness (QED) is 0.548. The van der Waals surface area contributed by atoms with Crippen molar-refractivity contribution in [2.45, 2.75) is 20.8 Å². The molecule has 0 saturated heterocycles. The van der Waals surface area contributed by atoms with Gasteiger partial charge in [-0.25, -0.2) is 0 Å². The molecule has 0 spiro atoms. The molecular formula is C21H26. The number of hydrogen-bond donors (Lipinski definition) is 0. The summed E-state index contributed by atoms with van der Waals surface area (Å²) in [7, 11) is 0. The van der Waals surface area contributed by atoms with E-state index >= 15 is 0 Å². The van der Waals surface area contributed by atoms with E-state index in [4.69, 9.17) is 0 Å². The molecule has 0 heterocycles. The molecule has 0 aliphatic heterocycles. The van der Waals surface area contributed by atoms with Crippen molar-refractivity contribution in [3.05, 3.63) is 103 Å². The van der Waals surface area contributed by atoms with Gasteiger partial charge in [0, 0.05) is 0 Å². The second-order valence-electron chi connectivity index (χ2n) is 4.25. The fourth-order valence-corrected chi connectivity index (χ4v) is 1.74. The highest BCUT2D eigenvalue weighted by Crippen LogP contribution is 2.22. The Morgan fingerprint density at radius 3 is 1.19 bits per heavy atom. The second kappa shape index (κ2) is 12.7. The third-order valence-corrected chi connectivity index (χ3v) is 2.46. The van der Waals surface area contributed by atoms with E-state index in [0.717, 1.165) is 0 Å². The van der Waals surface area contributed by atoms with Crippen molar-refractivity contribution >= 4 is 5.57 Å². The molecule has 0 aliphatic carbocycles. The molecule has 0 heteroatoms. The third kappa shape index (κ3) is 7.74. The molecule has 21 heavy (non-hydrogen) atoms. The molecule has 0 bridgehead atoms. The van der Waals surface area contributed by atoms with Gasteiger partial charge in [0.05, 0.1) is 0 Å². The fourth-order valence-electron chi connectivity index (χ4n) is 1.74. The Kier molecular flexibility index (Phi) is 11.3. The van der Waals surface area contributed by atoms with E-state index in [1.54, 1.807) is 12.2 Å². The Morgan fingerprint density at radius 2 is 0.952 bits per heavy atom. The standard InChI is InChI=1S/C15H14.2C3H6/c1-2-15(13-9-5-3-6-10-13)14-11-7-4-8-12-14;2*1-3-2/h2-12H,1H3;2*3H,1H2,2H3. The topological polar surface area (TPSA) is 0 Å². The first-order valence-electron chi connectivity index (χ1n) is 7.16. The largest absolute Gasteiger partial charge is 0.103 e. The lowest BCUT2D eigenvalue weighted by molar-refractivity contribution is 1.53. The molecule has 0 atom stereocenters. The number of allylic oxidation sites excluding steroid dienone is 3. The van der Waals surface area contributed by atoms with Gasteiger partial charge < -0.3 is 0 Å². The molecular weight excluding hydrogens is 252 g/mol. The molecule has 0 saturated carbocycles. The predicted octanol–water partition coefficient (Wildman–Crippen LogP) is 6.52. The fraction of sp³-hybridized carbons (Fsp3) is 0.143. The van der Waals surface area contributed by atoms with Crippen molar-refractivity contribution in [1.29, 1.82) is 0 Å². The summed E-state index contributed by atoms with van der Waals surface area (Å²) in [5, 5.41) is 0. The van der Waals surface area contributed by atoms with Crippen molar-refractivity contribution in [1.82, 2.24) is 0 Å². The highest BCUT2D eigenvalue weighted by Gasteiger charge is 2.01. The summed E-state index contributed by atoms with van der Waals surface area (Å²) in [6.07, 6.45) is 5.66. The lowest BCUT2D eigenvalue weighted by Gasteiger charge is -2.06. The van der Waals surface area contributed by atoms with Crippen molar-refractivity contribution in [3.8, 4) is 0 Å². The third-order valence-electron chi connectivity index (χ3n) is 2.46. The Labute approximate surface area is 130 Å². The van der Waals surface area contributed by atoms with Gasteiger partial charge >= 0.3 is 0 Å². The Balaban J connectivity index is 0.000000578. The average Bonchev–Trinajstić information content (AvgIpc) is 2.52. The van der Waals surface area contributed by atoms with Gasteiger partial charge in [0.25, 0.3) is 0 Å². The molecule has 0 fully saturated rings. The molecule has 110 valence electrons. The molecule has 2 aromatic rings. The summed E-state index contributed by atoms with van der Waals surface area (Å²) >= 11 is 0. The minimum atomic E-state index is 1.27. The smallest absolute Gasteiger partial charge is 0.0154 e. The maximum atomic E-state index is 3.36. The van der Waals surface area contributed by atoms with Gasteiger partial charge in [0.2, 0.25) is 0 Å². The highest BCUT2D eigenvalue weighted by molar-refractivity contribution is 5.79. The van der Waals surface area contributed by atoms with Crippen LogP contribution in [0.4, 0.5) is 0 Å². The monoisotopic (exact) mass is 278 g/mol. The van der Waals surface area contributed by atoms with Gasteiger partial charge in [-0.05, 0) is 37.5 Å². The van der Waals surface area contributed by atoms with Crippen LogP contribution in [0.2, 0.25) is 0 Å². The van der Waals surface area contributed by atoms with Crippen LogP contribution in [-0.2, 0) is 0 Å². The van der Waals surface area contributed by atoms with Gasteiger partial charge in [-0.2, -0.15) is 0 Å². The van der Waals surface area contributed by atoms with Crippen LogP contribution in [-0.4, -0.2) is 0 Å². The summed E-state index contributed by atoms with van der Waals surface area (Å²) in [4.78, 5) is 0. The van der Waals surface area contributed by atoms with E-state index in [0.29, 0.717) is 0 Å². The highest BCUT2D eigenvalue weighted by atomic mass is 14.1. The zero-order valence-corrected chi connectivity index (χ0v) is 13.4. The molecule has 0 aliphatic rings. The van der Waals surface area contributed by atoms with Gasteiger partial charge in [-0.15, -0.1) is 13.2 Å². The lowest BCUT2D eigenvalue weighted by atomic mass is 9.98. The van der Waals surface area contributed by atoms with E-state index in [-0.39, 0.29) is 0 Å². The molecule has 0 N–H and O–H groups in total. The molecule has 2 rings (SSSR count). The van der Waals surface area contributed by atoms with Crippen LogP contribution in [0.3, 0.4) is 0 Å². The zero-order chi connectivity index (χ0) is 15.9. The molecule has 0 nitrogen and oxygen atoms in total. The van der Waals surface area contributed by atoms with Crippen LogP contribution in [0.15, 0.2) is 92.0 Å². The maximum absolute atomic E-state index is 3.36. The van der Waals surface area contributed by atoms with E-state index in [1.807, 2.05) is 26.0 Å². The number of benzene rings is 2. The molecule has 0 amide bonds. The van der Waals surface area contributed by atoms with Crippen molar-refractivity contribution < 1.29 is 0 Å². The van der Waals surface area contributed by atoms with Crippen LogP contribution >= 0.6 is 0 Å². The Hall–Kier alpha value is -2.34. The molecule has 0 unspecified atom stereocenters. The Bertz CT molecular complexity index is 471. The van der Waals surface area contributed by atoms with Gasteiger partial charge in [0.15, 0.2) is 0 Å². The summed E-state index contributed by atoms with van der Waals surface area (Å²) in [5.41, 5.74) is 3.83. The summed E-state index contributed by atoms with van der Waals surface area (Å²) in [6, 6.07) is 20.9. The van der Waals surface area contributed by atoms with Gasteiger partial charge in [-0.3, -0.25) is 0 Å². The first-order chi connectivity index (χ1) is 10.2. The summed E-state index contributed by atoms with van der Waals surface area (Å²) in [6.45, 7) is 12.6. The van der Waals surface area contributed by atoms with Crippen molar-refractivity contribution in [2.24, 2.45) is 0 Å². The van der Waals surface area contributed by atoms with Crippen LogP contribution < -0.4 is 0 Å². The van der Waals surface area contributed by atoms with Crippen LogP contribution in [0.1, 0.15) is 31.9 Å². The first-order valence-corrected chi connectivity index (χ1v) is 7.16. The molecule has 0 aromatic heterocycles. The number of hydrogen-bond acceptors (Lipinski definition) is 0. The van der Waals surface area contributed by atoms with E-state index in [9.17, 15) is 0 Å². The zero-order valence-electron chi connectivity index (χ0n) is 13.4. The maximum Gasteiger partial charge on any atom is -0.0154 e. The van der Waals surface area contributed by atoms with Crippen LogP contribution in [0.25, 0.3) is 5.57 Å². The van der Waals surface area contributed by atoms with Crippen LogP contribution in [0.5, 0.6) is 0 Å². The van der Waals surface area contributed by atoms with Gasteiger partial charge in [0.1, 0.15) is 0 Å². The lowest BCUT2D eigenvalue weighted by Crippen LogP contribution is -1.86. The summed E-state index contributed by atoms with van der Waals surface area (Å²) < 4.78 is 0. The van der Waals surface area contributed by atoms with Gasteiger partial charge in [-0.1, -0.05) is 78.9 Å². The van der Waals surface area contributed by atoms with E-state index in [2.05, 4.69) is 74.7 Å². The molecule has 0 radical (unpaired) electrons.